The molecule has 0 saturated carbocycles. The Bertz CT molecular complexity index is 641. The summed E-state index contributed by atoms with van der Waals surface area (Å²) >= 11 is 0. The average molecular weight is 332 g/mol. The Balaban J connectivity index is 1.93. The fraction of sp³-hybridized carbons (Fsp3) is 0.368. The third-order valence-corrected chi connectivity index (χ3v) is 3.95. The first-order chi connectivity index (χ1) is 11.7. The van der Waals surface area contributed by atoms with Crippen LogP contribution in [0.1, 0.15) is 11.1 Å². The highest BCUT2D eigenvalue weighted by Crippen LogP contribution is 2.34. The molecule has 2 aromatic carbocycles. The lowest BCUT2D eigenvalue weighted by Crippen LogP contribution is -2.83. The van der Waals surface area contributed by atoms with Crippen molar-refractivity contribution in [3.05, 3.63) is 47.5 Å². The minimum atomic E-state index is 0.677. The van der Waals surface area contributed by atoms with Gasteiger partial charge >= 0.3 is 0 Å². The SMILES string of the molecule is COc1ccc(CC[NH2+]Cc2cc(OC)c(OC)cc2OC)cc1. The molecular weight excluding hydrogens is 306 g/mol. The number of methoxy groups -OCH3 is 4. The van der Waals surface area contributed by atoms with Crippen molar-refractivity contribution in [2.75, 3.05) is 35.0 Å². The summed E-state index contributed by atoms with van der Waals surface area (Å²) in [6, 6.07) is 12.0. The van der Waals surface area contributed by atoms with E-state index in [2.05, 4.69) is 17.4 Å². The predicted molar refractivity (Wildman–Crippen MR) is 93.3 cm³/mol. The fourth-order valence-electron chi connectivity index (χ4n) is 2.57. The molecule has 0 heterocycles. The van der Waals surface area contributed by atoms with E-state index in [0.717, 1.165) is 42.3 Å². The molecule has 0 aliphatic rings. The maximum absolute atomic E-state index is 5.46. The second kappa shape index (κ2) is 9.03. The van der Waals surface area contributed by atoms with Crippen molar-refractivity contribution in [1.29, 1.82) is 0 Å². The number of nitrogens with two attached hydrogens (primary N) is 1. The van der Waals surface area contributed by atoms with E-state index in [-0.39, 0.29) is 0 Å². The van der Waals surface area contributed by atoms with Crippen LogP contribution in [0.2, 0.25) is 0 Å². The summed E-state index contributed by atoms with van der Waals surface area (Å²) in [6.45, 7) is 1.81. The van der Waals surface area contributed by atoms with Crippen molar-refractivity contribution in [3.63, 3.8) is 0 Å². The number of rotatable bonds is 9. The molecule has 5 nitrogen and oxygen atoms in total. The van der Waals surface area contributed by atoms with E-state index in [1.807, 2.05) is 24.3 Å². The normalized spacial score (nSPS) is 10.3. The molecule has 2 N–H and O–H groups in total. The van der Waals surface area contributed by atoms with Gasteiger partial charge in [0.15, 0.2) is 11.5 Å². The van der Waals surface area contributed by atoms with Crippen LogP contribution in [0.4, 0.5) is 0 Å². The zero-order chi connectivity index (χ0) is 17.4. The second-order valence-electron chi connectivity index (χ2n) is 5.40. The van der Waals surface area contributed by atoms with E-state index in [4.69, 9.17) is 18.9 Å². The molecule has 0 aliphatic carbocycles. The smallest absolute Gasteiger partial charge is 0.164 e. The quantitative estimate of drug-likeness (QED) is 0.714. The summed E-state index contributed by atoms with van der Waals surface area (Å²) in [6.07, 6.45) is 1.000. The lowest BCUT2D eigenvalue weighted by molar-refractivity contribution is -0.670. The van der Waals surface area contributed by atoms with E-state index in [0.29, 0.717) is 5.75 Å². The van der Waals surface area contributed by atoms with Gasteiger partial charge in [-0.15, -0.1) is 0 Å². The third-order valence-electron chi connectivity index (χ3n) is 3.95. The van der Waals surface area contributed by atoms with Gasteiger partial charge in [0.2, 0.25) is 0 Å². The lowest BCUT2D eigenvalue weighted by Gasteiger charge is -2.13. The van der Waals surface area contributed by atoms with Crippen molar-refractivity contribution in [2.45, 2.75) is 13.0 Å². The maximum atomic E-state index is 5.46. The van der Waals surface area contributed by atoms with Gasteiger partial charge in [-0.3, -0.25) is 0 Å². The van der Waals surface area contributed by atoms with Crippen LogP contribution in [-0.2, 0) is 13.0 Å². The molecule has 0 aromatic heterocycles. The number of ether oxygens (including phenoxy) is 4. The van der Waals surface area contributed by atoms with Crippen LogP contribution < -0.4 is 24.3 Å². The first-order valence-corrected chi connectivity index (χ1v) is 7.95. The van der Waals surface area contributed by atoms with Crippen LogP contribution in [0.15, 0.2) is 36.4 Å². The second-order valence-corrected chi connectivity index (χ2v) is 5.40. The minimum absolute atomic E-state index is 0.677. The molecule has 0 aliphatic heterocycles. The van der Waals surface area contributed by atoms with Crippen LogP contribution in [0.25, 0.3) is 0 Å². The highest BCUT2D eigenvalue weighted by molar-refractivity contribution is 5.50. The zero-order valence-corrected chi connectivity index (χ0v) is 14.8. The van der Waals surface area contributed by atoms with Gasteiger partial charge in [-0.25, -0.2) is 0 Å². The molecule has 24 heavy (non-hydrogen) atoms. The lowest BCUT2D eigenvalue weighted by atomic mass is 10.1. The maximum Gasteiger partial charge on any atom is 0.164 e. The van der Waals surface area contributed by atoms with Gasteiger partial charge in [0.05, 0.1) is 40.5 Å². The van der Waals surface area contributed by atoms with Crippen molar-refractivity contribution in [2.24, 2.45) is 0 Å². The van der Waals surface area contributed by atoms with E-state index in [1.54, 1.807) is 28.4 Å². The first kappa shape index (κ1) is 17.9. The molecule has 0 radical (unpaired) electrons. The van der Waals surface area contributed by atoms with Gasteiger partial charge < -0.3 is 24.3 Å². The molecule has 2 rings (SSSR count). The summed E-state index contributed by atoms with van der Waals surface area (Å²) in [5.41, 5.74) is 2.39. The number of quaternary nitrogens is 1. The van der Waals surface area contributed by atoms with Crippen LogP contribution in [0.3, 0.4) is 0 Å². The summed E-state index contributed by atoms with van der Waals surface area (Å²) in [7, 11) is 6.61. The summed E-state index contributed by atoms with van der Waals surface area (Å²) < 4.78 is 21.3. The van der Waals surface area contributed by atoms with Gasteiger partial charge in [-0.05, 0) is 23.8 Å². The van der Waals surface area contributed by atoms with Gasteiger partial charge in [-0.2, -0.15) is 0 Å². The van der Waals surface area contributed by atoms with Gasteiger partial charge in [0.1, 0.15) is 18.0 Å². The van der Waals surface area contributed by atoms with Crippen molar-refractivity contribution in [3.8, 4) is 23.0 Å². The Morgan fingerprint density at radius 3 is 1.96 bits per heavy atom. The van der Waals surface area contributed by atoms with Gasteiger partial charge in [0, 0.05) is 12.5 Å². The van der Waals surface area contributed by atoms with Crippen LogP contribution in [0.5, 0.6) is 23.0 Å². The Kier molecular flexibility index (Phi) is 6.75. The summed E-state index contributed by atoms with van der Waals surface area (Å²) in [5, 5.41) is 2.26. The Morgan fingerprint density at radius 2 is 1.38 bits per heavy atom. The summed E-state index contributed by atoms with van der Waals surface area (Å²) in [4.78, 5) is 0. The zero-order valence-electron chi connectivity index (χ0n) is 14.8. The molecule has 0 amide bonds. The van der Waals surface area contributed by atoms with Crippen molar-refractivity contribution >= 4 is 0 Å². The van der Waals surface area contributed by atoms with Crippen LogP contribution in [-0.4, -0.2) is 35.0 Å². The standard InChI is InChI=1S/C19H25NO4/c1-21-16-7-5-14(6-8-16)9-10-20-13-15-11-18(23-3)19(24-4)12-17(15)22-2/h5-8,11-12,20H,9-10,13H2,1-4H3/p+1. The fourth-order valence-corrected chi connectivity index (χ4v) is 2.57. The molecule has 0 atom stereocenters. The summed E-state index contributed by atoms with van der Waals surface area (Å²) in [5.74, 6) is 3.10. The minimum Gasteiger partial charge on any atom is -0.497 e. The number of hydrogen-bond acceptors (Lipinski definition) is 4. The molecule has 0 unspecified atom stereocenters. The molecule has 0 bridgehead atoms. The number of benzene rings is 2. The van der Waals surface area contributed by atoms with Crippen molar-refractivity contribution < 1.29 is 24.3 Å². The molecule has 5 heteroatoms. The van der Waals surface area contributed by atoms with Crippen LogP contribution in [0, 0.1) is 0 Å². The van der Waals surface area contributed by atoms with Crippen LogP contribution >= 0.6 is 0 Å². The molecule has 0 fully saturated rings. The van der Waals surface area contributed by atoms with E-state index >= 15 is 0 Å². The Labute approximate surface area is 143 Å². The first-order valence-electron chi connectivity index (χ1n) is 7.95. The highest BCUT2D eigenvalue weighted by Gasteiger charge is 2.12. The third kappa shape index (κ3) is 4.55. The molecule has 130 valence electrons. The number of hydrogen-bond donors (Lipinski definition) is 1. The predicted octanol–water partition coefficient (Wildman–Crippen LogP) is 2.03. The molecule has 0 saturated heterocycles. The van der Waals surface area contributed by atoms with Gasteiger partial charge in [-0.1, -0.05) is 12.1 Å². The van der Waals surface area contributed by atoms with Crippen molar-refractivity contribution in [1.82, 2.24) is 0 Å². The molecule has 2 aromatic rings. The molecular formula is C19H26NO4+. The highest BCUT2D eigenvalue weighted by atomic mass is 16.5. The monoisotopic (exact) mass is 332 g/mol. The Hall–Kier alpha value is -2.40. The average Bonchev–Trinajstić information content (AvgIpc) is 2.65. The van der Waals surface area contributed by atoms with E-state index in [1.165, 1.54) is 5.56 Å². The Morgan fingerprint density at radius 1 is 0.750 bits per heavy atom. The van der Waals surface area contributed by atoms with E-state index < -0.39 is 0 Å². The largest absolute Gasteiger partial charge is 0.497 e. The topological polar surface area (TPSA) is 53.5 Å². The van der Waals surface area contributed by atoms with Gasteiger partial charge in [0.25, 0.3) is 0 Å². The van der Waals surface area contributed by atoms with E-state index in [9.17, 15) is 0 Å². The molecule has 0 spiro atoms.